The van der Waals surface area contributed by atoms with Gasteiger partial charge in [-0.25, -0.2) is 9.37 Å². The van der Waals surface area contributed by atoms with E-state index in [9.17, 15) is 14.3 Å². The highest BCUT2D eigenvalue weighted by molar-refractivity contribution is 5.70. The van der Waals surface area contributed by atoms with Crippen LogP contribution in [-0.4, -0.2) is 48.5 Å². The maximum atomic E-state index is 13.0. The second kappa shape index (κ2) is 4.91. The van der Waals surface area contributed by atoms with Gasteiger partial charge in [0.15, 0.2) is 17.4 Å². The van der Waals surface area contributed by atoms with Crippen LogP contribution in [0.2, 0.25) is 0 Å². The van der Waals surface area contributed by atoms with Crippen LogP contribution < -0.4 is 11.3 Å². The van der Waals surface area contributed by atoms with Gasteiger partial charge in [-0.05, 0) is 0 Å². The lowest BCUT2D eigenvalue weighted by Crippen LogP contribution is -2.25. The monoisotopic (exact) mass is 297 g/mol. The third kappa shape index (κ3) is 2.00. The fraction of sp³-hybridized carbons (Fsp3) is 0.364. The first kappa shape index (κ1) is 13.7. The molecule has 2 aromatic rings. The number of rotatable bonds is 2. The molecule has 0 saturated carbocycles. The molecule has 3 heterocycles. The SMILES string of the molecule is Nc1nc2c(ncn2C2OC(CO)C(O)C2=CF)c(=O)[nH]1. The Morgan fingerprint density at radius 1 is 1.62 bits per heavy atom. The van der Waals surface area contributed by atoms with Crippen LogP contribution in [0, 0.1) is 0 Å². The van der Waals surface area contributed by atoms with Crippen molar-refractivity contribution in [2.24, 2.45) is 0 Å². The van der Waals surface area contributed by atoms with Gasteiger partial charge in [0.05, 0.1) is 19.3 Å². The first-order valence-electron chi connectivity index (χ1n) is 6.03. The van der Waals surface area contributed by atoms with Crippen molar-refractivity contribution in [2.45, 2.75) is 18.4 Å². The Morgan fingerprint density at radius 2 is 2.38 bits per heavy atom. The molecule has 21 heavy (non-hydrogen) atoms. The highest BCUT2D eigenvalue weighted by Crippen LogP contribution is 2.35. The summed E-state index contributed by atoms with van der Waals surface area (Å²) in [6.45, 7) is -0.488. The third-order valence-electron chi connectivity index (χ3n) is 3.29. The van der Waals surface area contributed by atoms with E-state index < -0.39 is 30.6 Å². The van der Waals surface area contributed by atoms with Crippen molar-refractivity contribution in [3.05, 3.63) is 28.6 Å². The molecule has 3 atom stereocenters. The minimum Gasteiger partial charge on any atom is -0.394 e. The summed E-state index contributed by atoms with van der Waals surface area (Å²) < 4.78 is 19.7. The van der Waals surface area contributed by atoms with E-state index in [1.165, 1.54) is 10.9 Å². The van der Waals surface area contributed by atoms with Gasteiger partial charge in [-0.15, -0.1) is 0 Å². The van der Waals surface area contributed by atoms with E-state index in [2.05, 4.69) is 15.0 Å². The average Bonchev–Trinajstić information content (AvgIpc) is 2.99. The van der Waals surface area contributed by atoms with Gasteiger partial charge in [-0.2, -0.15) is 4.98 Å². The second-order valence-corrected chi connectivity index (χ2v) is 4.54. The summed E-state index contributed by atoms with van der Waals surface area (Å²) in [7, 11) is 0. The molecule has 3 unspecified atom stereocenters. The smallest absolute Gasteiger partial charge is 0.280 e. The molecule has 1 fully saturated rings. The Kier molecular flexibility index (Phi) is 3.20. The number of nitrogens with zero attached hydrogens (tertiary/aromatic N) is 3. The molecule has 1 saturated heterocycles. The van der Waals surface area contributed by atoms with Crippen molar-refractivity contribution in [2.75, 3.05) is 12.3 Å². The van der Waals surface area contributed by atoms with E-state index in [1.54, 1.807) is 0 Å². The van der Waals surface area contributed by atoms with Crippen LogP contribution in [0.25, 0.3) is 11.2 Å². The van der Waals surface area contributed by atoms with Gasteiger partial charge in [0.1, 0.15) is 12.2 Å². The topological polar surface area (TPSA) is 139 Å². The van der Waals surface area contributed by atoms with E-state index in [1.807, 2.05) is 0 Å². The van der Waals surface area contributed by atoms with E-state index >= 15 is 0 Å². The van der Waals surface area contributed by atoms with E-state index in [0.29, 0.717) is 0 Å². The van der Waals surface area contributed by atoms with Crippen LogP contribution in [0.5, 0.6) is 0 Å². The Labute approximate surface area is 116 Å². The lowest BCUT2D eigenvalue weighted by Gasteiger charge is -2.13. The standard InChI is InChI=1S/C11H12FN5O4/c12-1-4-7(19)5(2-18)21-10(4)17-3-14-6-8(17)15-11(13)16-9(6)20/h1,3,5,7,10,18-19H,2H2,(H3,13,15,16,20). The lowest BCUT2D eigenvalue weighted by atomic mass is 10.1. The molecule has 0 radical (unpaired) electrons. The summed E-state index contributed by atoms with van der Waals surface area (Å²) in [5.41, 5.74) is 4.92. The maximum absolute atomic E-state index is 13.0. The number of fused-ring (bicyclic) bond motifs is 1. The molecule has 1 aliphatic rings. The largest absolute Gasteiger partial charge is 0.394 e. The Balaban J connectivity index is 2.15. The van der Waals surface area contributed by atoms with Gasteiger partial charge < -0.3 is 20.7 Å². The molecule has 0 aromatic carbocycles. The van der Waals surface area contributed by atoms with Crippen molar-refractivity contribution < 1.29 is 19.3 Å². The highest BCUT2D eigenvalue weighted by atomic mass is 19.1. The molecule has 0 aliphatic carbocycles. The minimum atomic E-state index is -1.30. The number of hydrogen-bond acceptors (Lipinski definition) is 7. The second-order valence-electron chi connectivity index (χ2n) is 4.54. The zero-order valence-corrected chi connectivity index (χ0v) is 10.6. The number of hydrogen-bond donors (Lipinski definition) is 4. The molecular formula is C11H12FN5O4. The summed E-state index contributed by atoms with van der Waals surface area (Å²) >= 11 is 0. The molecule has 10 heteroatoms. The van der Waals surface area contributed by atoms with Gasteiger partial charge in [-0.1, -0.05) is 0 Å². The van der Waals surface area contributed by atoms with Crippen LogP contribution in [0.3, 0.4) is 0 Å². The number of H-pyrrole nitrogens is 1. The lowest BCUT2D eigenvalue weighted by molar-refractivity contribution is -0.0422. The number of nitrogen functional groups attached to an aromatic ring is 1. The fourth-order valence-corrected chi connectivity index (χ4v) is 2.28. The van der Waals surface area contributed by atoms with E-state index in [-0.39, 0.29) is 29.0 Å². The van der Waals surface area contributed by atoms with Gasteiger partial charge in [0, 0.05) is 5.57 Å². The van der Waals surface area contributed by atoms with Crippen molar-refractivity contribution in [1.82, 2.24) is 19.5 Å². The summed E-state index contributed by atoms with van der Waals surface area (Å²) in [4.78, 5) is 21.8. The molecule has 2 aromatic heterocycles. The molecule has 9 nitrogen and oxygen atoms in total. The molecular weight excluding hydrogens is 285 g/mol. The minimum absolute atomic E-state index is 0.00736. The number of imidazole rings is 1. The van der Waals surface area contributed by atoms with Gasteiger partial charge >= 0.3 is 0 Å². The first-order chi connectivity index (χ1) is 10.1. The number of anilines is 1. The van der Waals surface area contributed by atoms with Crippen LogP contribution in [0.4, 0.5) is 10.3 Å². The number of aliphatic hydroxyl groups excluding tert-OH is 2. The van der Waals surface area contributed by atoms with Crippen LogP contribution >= 0.6 is 0 Å². The number of halogens is 1. The van der Waals surface area contributed by atoms with E-state index in [4.69, 9.17) is 15.6 Å². The Bertz CT molecular complexity index is 770. The van der Waals surface area contributed by atoms with Gasteiger partial charge in [0.25, 0.3) is 5.56 Å². The van der Waals surface area contributed by atoms with Crippen LogP contribution in [0.15, 0.2) is 23.0 Å². The predicted octanol–water partition coefficient (Wildman–Crippen LogP) is -1.19. The van der Waals surface area contributed by atoms with Crippen molar-refractivity contribution in [3.63, 3.8) is 0 Å². The van der Waals surface area contributed by atoms with Crippen molar-refractivity contribution >= 4 is 17.1 Å². The quantitative estimate of drug-likeness (QED) is 0.546. The molecule has 3 rings (SSSR count). The van der Waals surface area contributed by atoms with Gasteiger partial charge in [-0.3, -0.25) is 14.3 Å². The Morgan fingerprint density at radius 3 is 3.05 bits per heavy atom. The zero-order valence-electron chi connectivity index (χ0n) is 10.6. The van der Waals surface area contributed by atoms with E-state index in [0.717, 1.165) is 0 Å². The van der Waals surface area contributed by atoms with Gasteiger partial charge in [0.2, 0.25) is 5.95 Å². The number of nitrogens with two attached hydrogens (primary N) is 1. The normalized spacial score (nSPS) is 27.8. The molecule has 0 spiro atoms. The predicted molar refractivity (Wildman–Crippen MR) is 68.8 cm³/mol. The Hall–Kier alpha value is -2.30. The molecule has 5 N–H and O–H groups in total. The number of aromatic amines is 1. The summed E-state index contributed by atoms with van der Waals surface area (Å²) in [6.07, 6.45) is -1.92. The van der Waals surface area contributed by atoms with Crippen molar-refractivity contribution in [3.8, 4) is 0 Å². The van der Waals surface area contributed by atoms with Crippen molar-refractivity contribution in [1.29, 1.82) is 0 Å². The highest BCUT2D eigenvalue weighted by Gasteiger charge is 2.40. The third-order valence-corrected chi connectivity index (χ3v) is 3.29. The molecule has 112 valence electrons. The van der Waals surface area contributed by atoms with Crippen LogP contribution in [0.1, 0.15) is 6.23 Å². The number of aliphatic hydroxyl groups is 2. The van der Waals surface area contributed by atoms with Crippen LogP contribution in [-0.2, 0) is 4.74 Å². The summed E-state index contributed by atoms with van der Waals surface area (Å²) in [5.74, 6) is -0.128. The molecule has 0 amide bonds. The number of aromatic nitrogens is 4. The number of ether oxygens (including phenoxy) is 1. The maximum Gasteiger partial charge on any atom is 0.280 e. The fourth-order valence-electron chi connectivity index (χ4n) is 2.28. The molecule has 1 aliphatic heterocycles. The molecule has 0 bridgehead atoms. The average molecular weight is 297 g/mol. The number of nitrogens with one attached hydrogen (secondary N) is 1. The zero-order chi connectivity index (χ0) is 15.1. The summed E-state index contributed by atoms with van der Waals surface area (Å²) in [6, 6.07) is 0. The summed E-state index contributed by atoms with van der Waals surface area (Å²) in [5, 5.41) is 19.0. The first-order valence-corrected chi connectivity index (χ1v) is 6.03.